The van der Waals surface area contributed by atoms with Gasteiger partial charge in [0.1, 0.15) is 6.54 Å². The Kier molecular flexibility index (Phi) is 5.98. The summed E-state index contributed by atoms with van der Waals surface area (Å²) in [6.45, 7) is 5.85. The first-order valence-electron chi connectivity index (χ1n) is 9.66. The molecule has 3 rings (SSSR count). The highest BCUT2D eigenvalue weighted by Crippen LogP contribution is 2.29. The molecule has 0 saturated carbocycles. The zero-order chi connectivity index (χ0) is 21.1. The SMILES string of the molecule is Cc1cccc(NC(=O)C[NH+](C)[C@@H](C)C(=O)N2CC(=O)Nc3ccccc32)c1C. The summed E-state index contributed by atoms with van der Waals surface area (Å²) in [5.41, 5.74) is 4.21. The van der Waals surface area contributed by atoms with Crippen molar-refractivity contribution in [1.29, 1.82) is 0 Å². The average Bonchev–Trinajstić information content (AvgIpc) is 2.69. The number of nitrogens with one attached hydrogen (secondary N) is 3. The second-order valence-corrected chi connectivity index (χ2v) is 7.53. The van der Waals surface area contributed by atoms with Crippen LogP contribution >= 0.6 is 0 Å². The van der Waals surface area contributed by atoms with E-state index in [-0.39, 0.29) is 30.8 Å². The quantitative estimate of drug-likeness (QED) is 0.710. The minimum atomic E-state index is -0.488. The summed E-state index contributed by atoms with van der Waals surface area (Å²) in [6, 6.07) is 12.5. The van der Waals surface area contributed by atoms with Crippen molar-refractivity contribution in [3.05, 3.63) is 53.6 Å². The topological polar surface area (TPSA) is 83.0 Å². The number of carbonyl (C=O) groups is 3. The highest BCUT2D eigenvalue weighted by Gasteiger charge is 2.33. The molecule has 3 amide bonds. The predicted octanol–water partition coefficient (Wildman–Crippen LogP) is 1.13. The van der Waals surface area contributed by atoms with E-state index in [1.165, 1.54) is 4.90 Å². The second-order valence-electron chi connectivity index (χ2n) is 7.53. The molecule has 1 heterocycles. The number of hydrogen-bond acceptors (Lipinski definition) is 3. The summed E-state index contributed by atoms with van der Waals surface area (Å²) >= 11 is 0. The van der Waals surface area contributed by atoms with Crippen molar-refractivity contribution in [3.8, 4) is 0 Å². The number of amides is 3. The maximum atomic E-state index is 13.1. The molecule has 0 radical (unpaired) electrons. The van der Waals surface area contributed by atoms with Crippen molar-refractivity contribution in [1.82, 2.24) is 0 Å². The summed E-state index contributed by atoms with van der Waals surface area (Å²) in [5.74, 6) is -0.577. The van der Waals surface area contributed by atoms with Gasteiger partial charge >= 0.3 is 0 Å². The third-order valence-electron chi connectivity index (χ3n) is 5.46. The Morgan fingerprint density at radius 2 is 1.90 bits per heavy atom. The van der Waals surface area contributed by atoms with Crippen LogP contribution in [0.15, 0.2) is 42.5 Å². The number of para-hydroxylation sites is 2. The van der Waals surface area contributed by atoms with Gasteiger partial charge in [0, 0.05) is 5.69 Å². The van der Waals surface area contributed by atoms with Gasteiger partial charge in [-0.3, -0.25) is 19.3 Å². The van der Waals surface area contributed by atoms with Gasteiger partial charge in [0.15, 0.2) is 12.6 Å². The molecule has 0 aromatic heterocycles. The lowest BCUT2D eigenvalue weighted by Gasteiger charge is -2.32. The molecule has 29 heavy (non-hydrogen) atoms. The summed E-state index contributed by atoms with van der Waals surface area (Å²) in [7, 11) is 1.81. The first kappa shape index (κ1) is 20.5. The molecule has 3 N–H and O–H groups in total. The fourth-order valence-electron chi connectivity index (χ4n) is 3.36. The number of quaternary nitrogens is 1. The van der Waals surface area contributed by atoms with Gasteiger partial charge in [0.2, 0.25) is 5.91 Å². The van der Waals surface area contributed by atoms with Crippen LogP contribution in [0.5, 0.6) is 0 Å². The first-order valence-corrected chi connectivity index (χ1v) is 9.66. The van der Waals surface area contributed by atoms with Crippen LogP contribution in [0.1, 0.15) is 18.1 Å². The summed E-state index contributed by atoms with van der Waals surface area (Å²) in [4.78, 5) is 39.8. The lowest BCUT2D eigenvalue weighted by atomic mass is 10.1. The standard InChI is InChI=1S/C22H26N4O3/c1-14-8-7-10-17(15(14)2)23-20(27)12-25(4)16(3)22(29)26-13-21(28)24-18-9-5-6-11-19(18)26/h5-11,16H,12-13H2,1-4H3,(H,23,27)(H,24,28)/p+1/t16-/m0/s1. The molecule has 0 bridgehead atoms. The zero-order valence-corrected chi connectivity index (χ0v) is 17.2. The molecule has 7 nitrogen and oxygen atoms in total. The fraction of sp³-hybridized carbons (Fsp3) is 0.318. The number of carbonyl (C=O) groups excluding carboxylic acids is 3. The van der Waals surface area contributed by atoms with Crippen molar-refractivity contribution < 1.29 is 19.3 Å². The molecule has 1 aliphatic heterocycles. The average molecular weight is 395 g/mol. The minimum absolute atomic E-state index is 0.0256. The molecule has 0 spiro atoms. The van der Waals surface area contributed by atoms with Crippen LogP contribution in [-0.4, -0.2) is 43.9 Å². The molecule has 2 aromatic rings. The molecule has 152 valence electrons. The van der Waals surface area contributed by atoms with E-state index < -0.39 is 6.04 Å². The fourth-order valence-corrected chi connectivity index (χ4v) is 3.36. The van der Waals surface area contributed by atoms with Gasteiger partial charge in [-0.05, 0) is 50.1 Å². The highest BCUT2D eigenvalue weighted by molar-refractivity contribution is 6.10. The highest BCUT2D eigenvalue weighted by atomic mass is 16.2. The summed E-state index contributed by atoms with van der Waals surface area (Å²) in [5, 5.41) is 5.71. The monoisotopic (exact) mass is 395 g/mol. The van der Waals surface area contributed by atoms with Crippen LogP contribution in [0.2, 0.25) is 0 Å². The van der Waals surface area contributed by atoms with Crippen molar-refractivity contribution in [2.75, 3.05) is 35.7 Å². The molecule has 2 aromatic carbocycles. The number of nitrogens with zero attached hydrogens (tertiary/aromatic N) is 1. The zero-order valence-electron chi connectivity index (χ0n) is 17.2. The lowest BCUT2D eigenvalue weighted by Crippen LogP contribution is -3.15. The molecule has 0 aliphatic carbocycles. The third-order valence-corrected chi connectivity index (χ3v) is 5.46. The normalized spacial score (nSPS) is 15.2. The maximum Gasteiger partial charge on any atom is 0.285 e. The van der Waals surface area contributed by atoms with Crippen LogP contribution in [0.25, 0.3) is 0 Å². The molecule has 1 aliphatic rings. The lowest BCUT2D eigenvalue weighted by molar-refractivity contribution is -0.885. The van der Waals surface area contributed by atoms with Gasteiger partial charge in [-0.15, -0.1) is 0 Å². The van der Waals surface area contributed by atoms with E-state index in [0.717, 1.165) is 21.7 Å². The number of hydrogen-bond donors (Lipinski definition) is 3. The van der Waals surface area contributed by atoms with E-state index in [1.54, 1.807) is 20.0 Å². The van der Waals surface area contributed by atoms with Crippen LogP contribution in [0.3, 0.4) is 0 Å². The Bertz CT molecular complexity index is 957. The van der Waals surface area contributed by atoms with E-state index in [2.05, 4.69) is 10.6 Å². The van der Waals surface area contributed by atoms with Crippen LogP contribution in [-0.2, 0) is 14.4 Å². The summed E-state index contributed by atoms with van der Waals surface area (Å²) in [6.07, 6.45) is 0. The molecule has 0 fully saturated rings. The van der Waals surface area contributed by atoms with E-state index in [1.807, 2.05) is 50.2 Å². The van der Waals surface area contributed by atoms with Gasteiger partial charge in [-0.1, -0.05) is 24.3 Å². The Morgan fingerprint density at radius 3 is 2.66 bits per heavy atom. The Labute approximate surface area is 170 Å². The molecular weight excluding hydrogens is 368 g/mol. The number of likely N-dealkylation sites (N-methyl/N-ethyl adjacent to an activating group) is 1. The van der Waals surface area contributed by atoms with Gasteiger partial charge in [0.05, 0.1) is 18.4 Å². The van der Waals surface area contributed by atoms with Gasteiger partial charge < -0.3 is 15.5 Å². The smallest absolute Gasteiger partial charge is 0.285 e. The second kappa shape index (κ2) is 8.45. The number of aryl methyl sites for hydroxylation is 1. The largest absolute Gasteiger partial charge is 0.323 e. The van der Waals surface area contributed by atoms with Gasteiger partial charge in [-0.2, -0.15) is 0 Å². The first-order chi connectivity index (χ1) is 13.8. The number of rotatable bonds is 5. The Morgan fingerprint density at radius 1 is 1.17 bits per heavy atom. The molecular formula is C22H27N4O3+. The molecule has 7 heteroatoms. The van der Waals surface area contributed by atoms with E-state index >= 15 is 0 Å². The van der Waals surface area contributed by atoms with Crippen molar-refractivity contribution in [2.45, 2.75) is 26.8 Å². The van der Waals surface area contributed by atoms with Crippen LogP contribution < -0.4 is 20.4 Å². The van der Waals surface area contributed by atoms with Gasteiger partial charge in [0.25, 0.3) is 11.8 Å². The van der Waals surface area contributed by atoms with Crippen molar-refractivity contribution >= 4 is 34.8 Å². The van der Waals surface area contributed by atoms with E-state index in [4.69, 9.17) is 0 Å². The maximum absolute atomic E-state index is 13.1. The van der Waals surface area contributed by atoms with Crippen LogP contribution in [0, 0.1) is 13.8 Å². The van der Waals surface area contributed by atoms with E-state index in [0.29, 0.717) is 11.4 Å². The Hall–Kier alpha value is -3.19. The third kappa shape index (κ3) is 4.46. The van der Waals surface area contributed by atoms with E-state index in [9.17, 15) is 14.4 Å². The molecule has 1 unspecified atom stereocenters. The number of benzene rings is 2. The van der Waals surface area contributed by atoms with Crippen LogP contribution in [0.4, 0.5) is 17.1 Å². The van der Waals surface area contributed by atoms with Crippen molar-refractivity contribution in [3.63, 3.8) is 0 Å². The number of anilines is 3. The Balaban J connectivity index is 1.67. The van der Waals surface area contributed by atoms with Crippen molar-refractivity contribution in [2.24, 2.45) is 0 Å². The van der Waals surface area contributed by atoms with Gasteiger partial charge in [-0.25, -0.2) is 0 Å². The molecule has 2 atom stereocenters. The molecule has 0 saturated heterocycles. The number of fused-ring (bicyclic) bond motifs is 1. The predicted molar refractivity (Wildman–Crippen MR) is 113 cm³/mol. The summed E-state index contributed by atoms with van der Waals surface area (Å²) < 4.78 is 0. The minimum Gasteiger partial charge on any atom is -0.323 e.